The highest BCUT2D eigenvalue weighted by molar-refractivity contribution is 6.39. The van der Waals surface area contributed by atoms with Crippen molar-refractivity contribution >= 4 is 23.5 Å². The molecule has 1 heterocycles. The quantitative estimate of drug-likeness (QED) is 0.750. The molecule has 0 radical (unpaired) electrons. The first-order valence-corrected chi connectivity index (χ1v) is 7.36. The third-order valence-corrected chi connectivity index (χ3v) is 4.12. The maximum atomic E-state index is 12.2. The van der Waals surface area contributed by atoms with Gasteiger partial charge in [-0.05, 0) is 12.8 Å². The van der Waals surface area contributed by atoms with Crippen molar-refractivity contribution < 1.29 is 19.5 Å². The molecule has 0 aromatic rings. The fraction of sp³-hybridized carbons (Fsp3) is 0.714. The molecule has 1 aliphatic carbocycles. The second-order valence-corrected chi connectivity index (χ2v) is 5.63. The van der Waals surface area contributed by atoms with Crippen molar-refractivity contribution in [1.29, 1.82) is 0 Å². The van der Waals surface area contributed by atoms with Crippen LogP contribution in [-0.4, -0.2) is 46.7 Å². The van der Waals surface area contributed by atoms with Gasteiger partial charge in [-0.25, -0.2) is 5.01 Å². The first kappa shape index (κ1) is 15.5. The van der Waals surface area contributed by atoms with Crippen LogP contribution in [0.5, 0.6) is 0 Å². The molecule has 2 N–H and O–H groups in total. The zero-order chi connectivity index (χ0) is 15.4. The van der Waals surface area contributed by atoms with E-state index in [1.165, 1.54) is 12.1 Å². The molecule has 116 valence electrons. The topological polar surface area (TPSA) is 99.1 Å². The summed E-state index contributed by atoms with van der Waals surface area (Å²) in [5, 5.41) is 17.2. The largest absolute Gasteiger partial charge is 0.481 e. The number of nitrogens with zero attached hydrogens (tertiary/aromatic N) is 2. The minimum Gasteiger partial charge on any atom is -0.481 e. The summed E-state index contributed by atoms with van der Waals surface area (Å²) in [6.07, 6.45) is 4.61. The lowest BCUT2D eigenvalue weighted by atomic mass is 9.94. The average Bonchev–Trinajstić information content (AvgIpc) is 2.67. The SMILES string of the molecule is CN1N=C(C(=O)NC2CCCCCC2C(=O)O)CCC1=O. The van der Waals surface area contributed by atoms with Crippen molar-refractivity contribution in [1.82, 2.24) is 10.3 Å². The van der Waals surface area contributed by atoms with Crippen LogP contribution in [0.4, 0.5) is 0 Å². The Labute approximate surface area is 123 Å². The molecule has 2 rings (SSSR count). The van der Waals surface area contributed by atoms with Crippen molar-refractivity contribution in [2.45, 2.75) is 51.0 Å². The van der Waals surface area contributed by atoms with Crippen molar-refractivity contribution in [3.05, 3.63) is 0 Å². The van der Waals surface area contributed by atoms with Gasteiger partial charge in [0.25, 0.3) is 5.91 Å². The van der Waals surface area contributed by atoms with Gasteiger partial charge >= 0.3 is 5.97 Å². The Balaban J connectivity index is 2.04. The van der Waals surface area contributed by atoms with Gasteiger partial charge in [0.15, 0.2) is 0 Å². The summed E-state index contributed by atoms with van der Waals surface area (Å²) in [5.74, 6) is -1.88. The molecular weight excluding hydrogens is 274 g/mol. The monoisotopic (exact) mass is 295 g/mol. The number of nitrogens with one attached hydrogen (secondary N) is 1. The molecule has 21 heavy (non-hydrogen) atoms. The molecule has 0 aromatic carbocycles. The predicted octanol–water partition coefficient (Wildman–Crippen LogP) is 0.744. The number of carbonyl (C=O) groups is 3. The molecule has 2 aliphatic rings. The molecule has 2 amide bonds. The Morgan fingerprint density at radius 1 is 1.24 bits per heavy atom. The molecule has 7 nitrogen and oxygen atoms in total. The second-order valence-electron chi connectivity index (χ2n) is 5.63. The second kappa shape index (κ2) is 6.69. The van der Waals surface area contributed by atoms with Crippen LogP contribution in [0, 0.1) is 5.92 Å². The predicted molar refractivity (Wildman–Crippen MR) is 75.6 cm³/mol. The van der Waals surface area contributed by atoms with E-state index in [4.69, 9.17) is 0 Å². The standard InChI is InChI=1S/C14H21N3O4/c1-17-12(18)8-7-11(16-17)13(19)15-10-6-4-2-3-5-9(10)14(20)21/h9-10H,2-8H2,1H3,(H,15,19)(H,20,21). The summed E-state index contributed by atoms with van der Waals surface area (Å²) in [4.78, 5) is 34.9. The van der Waals surface area contributed by atoms with Crippen LogP contribution in [0.1, 0.15) is 44.9 Å². The maximum Gasteiger partial charge on any atom is 0.308 e. The number of amides is 2. The maximum absolute atomic E-state index is 12.2. The highest BCUT2D eigenvalue weighted by atomic mass is 16.4. The van der Waals surface area contributed by atoms with Gasteiger partial charge in [0, 0.05) is 25.9 Å². The average molecular weight is 295 g/mol. The summed E-state index contributed by atoms with van der Waals surface area (Å²) in [6.45, 7) is 0. The minimum atomic E-state index is -0.861. The van der Waals surface area contributed by atoms with E-state index in [2.05, 4.69) is 10.4 Å². The van der Waals surface area contributed by atoms with Crippen molar-refractivity contribution in [2.24, 2.45) is 11.0 Å². The van der Waals surface area contributed by atoms with Crippen LogP contribution < -0.4 is 5.32 Å². The van der Waals surface area contributed by atoms with E-state index < -0.39 is 11.9 Å². The van der Waals surface area contributed by atoms with Gasteiger partial charge in [-0.2, -0.15) is 5.10 Å². The van der Waals surface area contributed by atoms with Gasteiger partial charge in [-0.15, -0.1) is 0 Å². The molecule has 7 heteroatoms. The Morgan fingerprint density at radius 2 is 1.95 bits per heavy atom. The summed E-state index contributed by atoms with van der Waals surface area (Å²) >= 11 is 0. The third kappa shape index (κ3) is 3.80. The zero-order valence-electron chi connectivity index (χ0n) is 12.2. The lowest BCUT2D eigenvalue weighted by Gasteiger charge is -2.25. The molecule has 0 saturated heterocycles. The Bertz CT molecular complexity index is 475. The van der Waals surface area contributed by atoms with Gasteiger partial charge in [-0.1, -0.05) is 19.3 Å². The molecule has 2 unspecified atom stereocenters. The first-order chi connectivity index (χ1) is 9.99. The zero-order valence-corrected chi connectivity index (χ0v) is 12.2. The molecule has 0 bridgehead atoms. The number of carbonyl (C=O) groups excluding carboxylic acids is 2. The van der Waals surface area contributed by atoms with Crippen LogP contribution >= 0.6 is 0 Å². The number of rotatable bonds is 3. The number of carboxylic acid groups (broad SMARTS) is 1. The van der Waals surface area contributed by atoms with Crippen LogP contribution in [0.25, 0.3) is 0 Å². The van der Waals surface area contributed by atoms with Gasteiger partial charge in [0.05, 0.1) is 5.92 Å². The van der Waals surface area contributed by atoms with Crippen LogP contribution in [-0.2, 0) is 14.4 Å². The molecular formula is C14H21N3O4. The van der Waals surface area contributed by atoms with Crippen LogP contribution in [0.2, 0.25) is 0 Å². The summed E-state index contributed by atoms with van der Waals surface area (Å²) < 4.78 is 0. The van der Waals surface area contributed by atoms with Gasteiger partial charge in [-0.3, -0.25) is 14.4 Å². The molecule has 2 atom stereocenters. The third-order valence-electron chi connectivity index (χ3n) is 4.12. The molecule has 0 aromatic heterocycles. The van der Waals surface area contributed by atoms with E-state index in [0.29, 0.717) is 25.0 Å². The van der Waals surface area contributed by atoms with E-state index in [1.54, 1.807) is 0 Å². The van der Waals surface area contributed by atoms with E-state index in [9.17, 15) is 19.5 Å². The first-order valence-electron chi connectivity index (χ1n) is 7.36. The number of aliphatic carboxylic acids is 1. The highest BCUT2D eigenvalue weighted by Gasteiger charge is 2.32. The van der Waals surface area contributed by atoms with Crippen molar-refractivity contribution in [3.8, 4) is 0 Å². The summed E-state index contributed by atoms with van der Waals surface area (Å²) in [7, 11) is 1.51. The van der Waals surface area contributed by atoms with Crippen LogP contribution in [0.15, 0.2) is 5.10 Å². The normalized spacial score (nSPS) is 26.8. The van der Waals surface area contributed by atoms with E-state index in [1.807, 2.05) is 0 Å². The Kier molecular flexibility index (Phi) is 4.93. The highest BCUT2D eigenvalue weighted by Crippen LogP contribution is 2.24. The van der Waals surface area contributed by atoms with Crippen LogP contribution in [0.3, 0.4) is 0 Å². The van der Waals surface area contributed by atoms with E-state index in [-0.39, 0.29) is 24.3 Å². The van der Waals surface area contributed by atoms with Gasteiger partial charge in [0.2, 0.25) is 5.91 Å². The fourth-order valence-corrected chi connectivity index (χ4v) is 2.86. The molecule has 1 aliphatic heterocycles. The van der Waals surface area contributed by atoms with Crippen molar-refractivity contribution in [3.63, 3.8) is 0 Å². The van der Waals surface area contributed by atoms with Gasteiger partial charge < -0.3 is 10.4 Å². The lowest BCUT2D eigenvalue weighted by Crippen LogP contribution is -2.46. The van der Waals surface area contributed by atoms with E-state index in [0.717, 1.165) is 19.3 Å². The lowest BCUT2D eigenvalue weighted by molar-refractivity contribution is -0.143. The van der Waals surface area contributed by atoms with Gasteiger partial charge in [0.1, 0.15) is 5.71 Å². The Hall–Kier alpha value is -1.92. The number of carboxylic acids is 1. The number of hydrazone groups is 1. The smallest absolute Gasteiger partial charge is 0.308 e. The summed E-state index contributed by atoms with van der Waals surface area (Å²) in [6, 6.07) is -0.358. The number of hydrogen-bond donors (Lipinski definition) is 2. The van der Waals surface area contributed by atoms with E-state index >= 15 is 0 Å². The molecule has 0 spiro atoms. The summed E-state index contributed by atoms with van der Waals surface area (Å²) in [5.41, 5.74) is 0.297. The fourth-order valence-electron chi connectivity index (χ4n) is 2.86. The Morgan fingerprint density at radius 3 is 2.62 bits per heavy atom. The van der Waals surface area contributed by atoms with Crippen molar-refractivity contribution in [2.75, 3.05) is 7.05 Å². The minimum absolute atomic E-state index is 0.121. The molecule has 1 saturated carbocycles. The molecule has 1 fully saturated rings. The number of hydrogen-bond acceptors (Lipinski definition) is 4.